The molecule has 7 heteroatoms. The van der Waals surface area contributed by atoms with Crippen LogP contribution in [0.5, 0.6) is 0 Å². The number of ketones is 1. The molecule has 1 amide bonds. The van der Waals surface area contributed by atoms with E-state index in [4.69, 9.17) is 0 Å². The van der Waals surface area contributed by atoms with Crippen LogP contribution in [0, 0.1) is 28.8 Å². The monoisotopic (exact) mass is 396 g/mol. The number of piperidine rings is 1. The van der Waals surface area contributed by atoms with Crippen LogP contribution >= 0.6 is 0 Å². The number of nitro groups is 1. The van der Waals surface area contributed by atoms with Crippen molar-refractivity contribution in [3.05, 3.63) is 81.2 Å². The Bertz CT molecular complexity index is 961. The number of carbonyl (C=O) groups excluding carboxylic acids is 2. The summed E-state index contributed by atoms with van der Waals surface area (Å²) in [6.07, 6.45) is 3.72. The molecular formula is C22H21FN2O4. The zero-order valence-corrected chi connectivity index (χ0v) is 16.0. The number of likely N-dealkylation sites (tertiary alicyclic amines) is 1. The Morgan fingerprint density at radius 3 is 2.41 bits per heavy atom. The third-order valence-corrected chi connectivity index (χ3v) is 5.11. The molecule has 0 atom stereocenters. The van der Waals surface area contributed by atoms with Crippen LogP contribution in [0.2, 0.25) is 0 Å². The van der Waals surface area contributed by atoms with E-state index in [1.807, 2.05) is 31.2 Å². The maximum Gasteiger partial charge on any atom is 0.279 e. The van der Waals surface area contributed by atoms with Gasteiger partial charge in [-0.1, -0.05) is 29.8 Å². The topological polar surface area (TPSA) is 80.5 Å². The third-order valence-electron chi connectivity index (χ3n) is 5.11. The van der Waals surface area contributed by atoms with Crippen LogP contribution in [0.1, 0.15) is 34.3 Å². The molecule has 0 saturated carbocycles. The van der Waals surface area contributed by atoms with E-state index < -0.39 is 16.4 Å². The lowest BCUT2D eigenvalue weighted by molar-refractivity contribution is -0.385. The number of Topliss-reactive ketones (excluding diaryl/α,β-unsaturated/α-hetero) is 1. The number of hydrogen-bond donors (Lipinski definition) is 0. The van der Waals surface area contributed by atoms with Crippen molar-refractivity contribution in [3.63, 3.8) is 0 Å². The van der Waals surface area contributed by atoms with Crippen LogP contribution in [0.25, 0.3) is 6.08 Å². The normalized spacial score (nSPS) is 14.9. The van der Waals surface area contributed by atoms with E-state index in [-0.39, 0.29) is 23.2 Å². The number of benzene rings is 2. The molecule has 1 saturated heterocycles. The first-order valence-corrected chi connectivity index (χ1v) is 9.37. The SMILES string of the molecule is Cc1ccc(C(=O)C2CCN(C(=O)C=Cc3ccc(F)cc3[N+](=O)[O-])CC2)cc1. The number of nitro benzene ring substituents is 1. The second-order valence-corrected chi connectivity index (χ2v) is 7.12. The summed E-state index contributed by atoms with van der Waals surface area (Å²) in [4.78, 5) is 37.0. The van der Waals surface area contributed by atoms with Crippen molar-refractivity contribution in [2.24, 2.45) is 5.92 Å². The fourth-order valence-corrected chi connectivity index (χ4v) is 3.40. The van der Waals surface area contributed by atoms with Gasteiger partial charge in [-0.3, -0.25) is 19.7 Å². The summed E-state index contributed by atoms with van der Waals surface area (Å²) in [6.45, 7) is 2.85. The Labute approximate surface area is 167 Å². The smallest absolute Gasteiger partial charge is 0.279 e. The minimum atomic E-state index is -0.708. The summed E-state index contributed by atoms with van der Waals surface area (Å²) >= 11 is 0. The Balaban J connectivity index is 1.60. The summed E-state index contributed by atoms with van der Waals surface area (Å²) in [5, 5.41) is 11.0. The van der Waals surface area contributed by atoms with Gasteiger partial charge in [-0.15, -0.1) is 0 Å². The Morgan fingerprint density at radius 1 is 1.14 bits per heavy atom. The third kappa shape index (κ3) is 4.93. The first-order chi connectivity index (χ1) is 13.8. The average Bonchev–Trinajstić information content (AvgIpc) is 2.72. The zero-order chi connectivity index (χ0) is 21.0. The van der Waals surface area contributed by atoms with E-state index in [0.29, 0.717) is 31.5 Å². The number of amides is 1. The maximum absolute atomic E-state index is 13.2. The van der Waals surface area contributed by atoms with Crippen LogP contribution in [0.15, 0.2) is 48.5 Å². The second-order valence-electron chi connectivity index (χ2n) is 7.12. The molecule has 0 aromatic heterocycles. The van der Waals surface area contributed by atoms with Crippen molar-refractivity contribution in [3.8, 4) is 0 Å². The molecule has 1 heterocycles. The summed E-state index contributed by atoms with van der Waals surface area (Å²) in [5.41, 5.74) is 1.55. The molecule has 1 aliphatic rings. The molecule has 6 nitrogen and oxygen atoms in total. The van der Waals surface area contributed by atoms with E-state index in [2.05, 4.69) is 0 Å². The number of halogens is 1. The highest BCUT2D eigenvalue weighted by Crippen LogP contribution is 2.24. The van der Waals surface area contributed by atoms with Crippen molar-refractivity contribution >= 4 is 23.5 Å². The molecule has 0 bridgehead atoms. The average molecular weight is 396 g/mol. The summed E-state index contributed by atoms with van der Waals surface area (Å²) < 4.78 is 13.2. The Kier molecular flexibility index (Phi) is 6.16. The molecule has 0 spiro atoms. The zero-order valence-electron chi connectivity index (χ0n) is 16.0. The maximum atomic E-state index is 13.2. The number of aryl methyl sites for hydroxylation is 1. The lowest BCUT2D eigenvalue weighted by Crippen LogP contribution is -2.39. The van der Waals surface area contributed by atoms with E-state index in [0.717, 1.165) is 17.7 Å². The molecule has 1 aliphatic heterocycles. The minimum Gasteiger partial charge on any atom is -0.339 e. The van der Waals surface area contributed by atoms with Gasteiger partial charge in [0.25, 0.3) is 5.69 Å². The molecule has 1 fully saturated rings. The van der Waals surface area contributed by atoms with Gasteiger partial charge in [-0.25, -0.2) is 4.39 Å². The van der Waals surface area contributed by atoms with Crippen molar-refractivity contribution in [1.82, 2.24) is 4.90 Å². The van der Waals surface area contributed by atoms with E-state index >= 15 is 0 Å². The van der Waals surface area contributed by atoms with Gasteiger partial charge in [-0.2, -0.15) is 0 Å². The van der Waals surface area contributed by atoms with E-state index in [1.165, 1.54) is 18.2 Å². The molecular weight excluding hydrogens is 375 g/mol. The fourth-order valence-electron chi connectivity index (χ4n) is 3.40. The number of nitrogens with zero attached hydrogens (tertiary/aromatic N) is 2. The number of carbonyl (C=O) groups is 2. The fraction of sp³-hybridized carbons (Fsp3) is 0.273. The molecule has 2 aromatic carbocycles. The van der Waals surface area contributed by atoms with Gasteiger partial charge in [0.1, 0.15) is 5.82 Å². The summed E-state index contributed by atoms with van der Waals surface area (Å²) in [5.74, 6) is -1.02. The lowest BCUT2D eigenvalue weighted by Gasteiger charge is -2.30. The highest BCUT2D eigenvalue weighted by molar-refractivity contribution is 5.98. The molecule has 0 N–H and O–H groups in total. The predicted molar refractivity (Wildman–Crippen MR) is 107 cm³/mol. The van der Waals surface area contributed by atoms with Crippen LogP contribution in [-0.4, -0.2) is 34.6 Å². The van der Waals surface area contributed by atoms with E-state index in [9.17, 15) is 24.1 Å². The molecule has 0 radical (unpaired) electrons. The lowest BCUT2D eigenvalue weighted by atomic mass is 9.88. The van der Waals surface area contributed by atoms with Crippen LogP contribution in [0.4, 0.5) is 10.1 Å². The van der Waals surface area contributed by atoms with Crippen LogP contribution < -0.4 is 0 Å². The molecule has 3 rings (SSSR count). The van der Waals surface area contributed by atoms with Gasteiger partial charge in [0.2, 0.25) is 5.91 Å². The molecule has 150 valence electrons. The van der Waals surface area contributed by atoms with Crippen molar-refractivity contribution < 1.29 is 18.9 Å². The first kappa shape index (κ1) is 20.4. The number of rotatable bonds is 5. The van der Waals surface area contributed by atoms with E-state index in [1.54, 1.807) is 4.90 Å². The molecule has 2 aromatic rings. The van der Waals surface area contributed by atoms with Gasteiger partial charge < -0.3 is 4.90 Å². The largest absolute Gasteiger partial charge is 0.339 e. The van der Waals surface area contributed by atoms with Gasteiger partial charge in [0, 0.05) is 30.6 Å². The highest BCUT2D eigenvalue weighted by atomic mass is 19.1. The number of hydrogen-bond acceptors (Lipinski definition) is 4. The summed E-state index contributed by atoms with van der Waals surface area (Å²) in [6, 6.07) is 10.7. The van der Waals surface area contributed by atoms with Gasteiger partial charge in [0.15, 0.2) is 5.78 Å². The van der Waals surface area contributed by atoms with Crippen LogP contribution in [0.3, 0.4) is 0 Å². The minimum absolute atomic E-state index is 0.0922. The van der Waals surface area contributed by atoms with Gasteiger partial charge in [0.05, 0.1) is 16.6 Å². The first-order valence-electron chi connectivity index (χ1n) is 9.37. The Morgan fingerprint density at radius 2 is 1.79 bits per heavy atom. The van der Waals surface area contributed by atoms with Crippen molar-refractivity contribution in [1.29, 1.82) is 0 Å². The standard InChI is InChI=1S/C22H21FN2O4/c1-15-2-4-17(5-3-15)22(27)18-10-12-24(13-11-18)21(26)9-7-16-6-8-19(23)14-20(16)25(28)29/h2-9,14,18H,10-13H2,1H3. The molecule has 29 heavy (non-hydrogen) atoms. The van der Waals surface area contributed by atoms with Gasteiger partial charge in [-0.05, 0) is 38.0 Å². The predicted octanol–water partition coefficient (Wildman–Crippen LogP) is 4.18. The Hall–Kier alpha value is -3.35. The molecule has 0 unspecified atom stereocenters. The quantitative estimate of drug-likeness (QED) is 0.329. The second kappa shape index (κ2) is 8.77. The van der Waals surface area contributed by atoms with Crippen LogP contribution in [-0.2, 0) is 4.79 Å². The van der Waals surface area contributed by atoms with Crippen molar-refractivity contribution in [2.45, 2.75) is 19.8 Å². The molecule has 0 aliphatic carbocycles. The summed E-state index contributed by atoms with van der Waals surface area (Å²) in [7, 11) is 0. The van der Waals surface area contributed by atoms with Gasteiger partial charge >= 0.3 is 0 Å². The highest BCUT2D eigenvalue weighted by Gasteiger charge is 2.27. The van der Waals surface area contributed by atoms with Crippen molar-refractivity contribution in [2.75, 3.05) is 13.1 Å².